The second kappa shape index (κ2) is 34.7. The molecule has 4 saturated carbocycles. The molecule has 13 rings (SSSR count). The highest BCUT2D eigenvalue weighted by molar-refractivity contribution is 5.79. The quantitative estimate of drug-likeness (QED) is 0.0306. The number of hydrogen-bond acceptors (Lipinski definition) is 39. The van der Waals surface area contributed by atoms with E-state index < -0.39 is 301 Å². The summed E-state index contributed by atoms with van der Waals surface area (Å²) in [5.74, 6) is -0.962. The van der Waals surface area contributed by atoms with E-state index in [4.69, 9.17) is 75.8 Å². The van der Waals surface area contributed by atoms with Crippen LogP contribution in [0.15, 0.2) is 11.6 Å². The van der Waals surface area contributed by atoms with Gasteiger partial charge in [-0.2, -0.15) is 0 Å². The Kier molecular flexibility index (Phi) is 27.3. The molecule has 46 atom stereocenters. The lowest BCUT2D eigenvalue weighted by Gasteiger charge is -2.71. The molecule has 0 radical (unpaired) electrons. The maximum Gasteiger partial charge on any atom is 0.315 e. The fourth-order valence-electron chi connectivity index (χ4n) is 21.6. The molecule has 662 valence electrons. The molecule has 5 aliphatic carbocycles. The van der Waals surface area contributed by atoms with E-state index in [2.05, 4.69) is 54.5 Å². The topological polar surface area (TPSA) is 610 Å². The molecule has 39 heteroatoms. The highest BCUT2D eigenvalue weighted by atomic mass is 16.8. The van der Waals surface area contributed by atoms with Crippen molar-refractivity contribution in [1.82, 2.24) is 0 Å². The van der Waals surface area contributed by atoms with Crippen molar-refractivity contribution < 1.29 is 193 Å². The van der Waals surface area contributed by atoms with Gasteiger partial charge in [-0.25, -0.2) is 0 Å². The van der Waals surface area contributed by atoms with Crippen LogP contribution in [0.3, 0.4) is 0 Å². The molecule has 0 aromatic heterocycles. The van der Waals surface area contributed by atoms with Crippen LogP contribution in [0, 0.1) is 50.2 Å². The number of rotatable bonds is 20. The maximum atomic E-state index is 15.5. The van der Waals surface area contributed by atoms with Crippen LogP contribution in [-0.4, -0.2) is 397 Å². The number of fused-ring (bicyclic) bond motifs is 7. The van der Waals surface area contributed by atoms with E-state index in [0.717, 1.165) is 18.4 Å². The molecule has 115 heavy (non-hydrogen) atoms. The average Bonchev–Trinajstić information content (AvgIpc) is 0.673. The van der Waals surface area contributed by atoms with Crippen molar-refractivity contribution in [1.29, 1.82) is 0 Å². The molecule has 0 aromatic carbocycles. The average molecular weight is 1660 g/mol. The van der Waals surface area contributed by atoms with Gasteiger partial charge in [-0.15, -0.1) is 0 Å². The first kappa shape index (κ1) is 90.5. The summed E-state index contributed by atoms with van der Waals surface area (Å²) < 4.78 is 95.9. The van der Waals surface area contributed by atoms with E-state index in [-0.39, 0.29) is 34.0 Å². The Morgan fingerprint density at radius 3 is 1.50 bits per heavy atom. The first-order chi connectivity index (χ1) is 54.0. The van der Waals surface area contributed by atoms with Crippen LogP contribution in [0.5, 0.6) is 0 Å². The molecule has 12 fully saturated rings. The Hall–Kier alpha value is -2.27. The Morgan fingerprint density at radius 2 is 0.904 bits per heavy atom. The molecule has 39 nitrogen and oxygen atoms in total. The molecule has 0 amide bonds. The van der Waals surface area contributed by atoms with Crippen LogP contribution in [0.4, 0.5) is 0 Å². The van der Waals surface area contributed by atoms with Gasteiger partial charge in [0, 0.05) is 0 Å². The highest BCUT2D eigenvalue weighted by Gasteiger charge is 2.71. The fraction of sp³-hybridized carbons (Fsp3) is 0.961. The molecule has 8 saturated heterocycles. The minimum Gasteiger partial charge on any atom is -0.432 e. The number of aliphatic hydroxyl groups excluding tert-OH is 22. The van der Waals surface area contributed by atoms with E-state index >= 15 is 4.79 Å². The summed E-state index contributed by atoms with van der Waals surface area (Å²) in [6, 6.07) is 0. The van der Waals surface area contributed by atoms with Crippen molar-refractivity contribution in [2.75, 3.05) is 39.6 Å². The lowest BCUT2D eigenvalue weighted by atomic mass is 9.33. The number of ether oxygens (including phenoxy) is 16. The smallest absolute Gasteiger partial charge is 0.315 e. The number of esters is 1. The summed E-state index contributed by atoms with van der Waals surface area (Å²) >= 11 is 0. The number of allylic oxidation sites excluding steroid dienone is 2. The van der Waals surface area contributed by atoms with Gasteiger partial charge in [0.25, 0.3) is 0 Å². The predicted octanol–water partition coefficient (Wildman–Crippen LogP) is -7.41. The van der Waals surface area contributed by atoms with Gasteiger partial charge in [0.05, 0.1) is 63.4 Å². The van der Waals surface area contributed by atoms with Crippen molar-refractivity contribution in [3.63, 3.8) is 0 Å². The van der Waals surface area contributed by atoms with Crippen LogP contribution < -0.4 is 0 Å². The lowest BCUT2D eigenvalue weighted by molar-refractivity contribution is -0.388. The largest absolute Gasteiger partial charge is 0.432 e. The van der Waals surface area contributed by atoms with Gasteiger partial charge >= 0.3 is 5.97 Å². The Bertz CT molecular complexity index is 3290. The van der Waals surface area contributed by atoms with Crippen LogP contribution in [0.25, 0.3) is 0 Å². The Morgan fingerprint density at radius 1 is 0.417 bits per heavy atom. The summed E-state index contributed by atoms with van der Waals surface area (Å²) in [5, 5.41) is 241. The molecule has 13 aliphatic rings. The van der Waals surface area contributed by atoms with Crippen molar-refractivity contribution in [2.45, 2.75) is 366 Å². The van der Waals surface area contributed by atoms with Crippen LogP contribution >= 0.6 is 0 Å². The van der Waals surface area contributed by atoms with Crippen molar-refractivity contribution in [2.24, 2.45) is 50.2 Å². The molecule has 8 heterocycles. The monoisotopic (exact) mass is 1660 g/mol. The summed E-state index contributed by atoms with van der Waals surface area (Å²) in [5.41, 5.74) is -2.07. The number of carbonyl (C=O) groups is 1. The first-order valence-electron chi connectivity index (χ1n) is 40.4. The zero-order valence-corrected chi connectivity index (χ0v) is 65.9. The van der Waals surface area contributed by atoms with E-state index in [1.807, 2.05) is 0 Å². The molecule has 0 unspecified atom stereocenters. The van der Waals surface area contributed by atoms with E-state index in [9.17, 15) is 112 Å². The van der Waals surface area contributed by atoms with Crippen molar-refractivity contribution in [3.05, 3.63) is 11.6 Å². The molecule has 0 aromatic rings. The molecule has 0 spiro atoms. The first-order valence-corrected chi connectivity index (χ1v) is 40.4. The third kappa shape index (κ3) is 16.2. The van der Waals surface area contributed by atoms with E-state index in [0.29, 0.717) is 51.4 Å². The normalized spacial score (nSPS) is 54.6. The van der Waals surface area contributed by atoms with Gasteiger partial charge in [-0.1, -0.05) is 60.1 Å². The molecule has 0 bridgehead atoms. The summed E-state index contributed by atoms with van der Waals surface area (Å²) in [6.45, 7) is 14.3. The third-order valence-corrected chi connectivity index (χ3v) is 29.0. The minimum atomic E-state index is -2.02. The Balaban J connectivity index is 0.680. The summed E-state index contributed by atoms with van der Waals surface area (Å²) in [6.07, 6.45) is -57.6. The zero-order valence-electron chi connectivity index (χ0n) is 65.9. The highest BCUT2D eigenvalue weighted by Crippen LogP contribution is 2.76. The predicted molar refractivity (Wildman–Crippen MR) is 379 cm³/mol. The Labute approximate surface area is 664 Å². The van der Waals surface area contributed by atoms with Crippen LogP contribution in [0.1, 0.15) is 127 Å². The van der Waals surface area contributed by atoms with Crippen LogP contribution in [-0.2, 0) is 80.6 Å². The fourth-order valence-corrected chi connectivity index (χ4v) is 21.6. The lowest BCUT2D eigenvalue weighted by Crippen LogP contribution is -2.67. The summed E-state index contributed by atoms with van der Waals surface area (Å²) in [7, 11) is 0. The summed E-state index contributed by atoms with van der Waals surface area (Å²) in [4.78, 5) is 15.5. The number of hydrogen-bond donors (Lipinski definition) is 22. The van der Waals surface area contributed by atoms with Crippen LogP contribution in [0.2, 0.25) is 0 Å². The SMILES string of the molecule is C[C@@H]1O[C@@H](O[C@H]2[C@H](O)[C@@H](O)[C@H](OC[C@H]3O[C@@H](OC(=O)[C@]45CCC(C)(C)C[C@H]4C4=CC[C@@H]6[C@@]7(C)CC[C@H](O[C@@H]8OC[C@H](O[C@@H]9O[C@H](CO)[C@@H](O)[C@H](O)[C@H]9O)[C@H](O)[C@H]8O[C@@H]8O[C@@H](C)[C@H](O)[C@@H](O[C@@H]9OC[C@@H](O)[C@@H](O)[C@H]9O)[C@H]8O)C(C)(C)[C@@H]7CC[C@@]6(C)[C@]4(C)CC5)[C@H](O)[C@@H](O)[C@@H]3O)O[C@@H]2CO)[C@H](O)[C@H](O[C@@H]2O[C@H](CO)[C@@H](O)[C@H](O)[C@H]2O)[C@H]1O. The van der Waals surface area contributed by atoms with Gasteiger partial charge in [0.15, 0.2) is 44.0 Å². The number of aliphatic hydroxyl groups is 22. The van der Waals surface area contributed by atoms with E-state index in [1.54, 1.807) is 0 Å². The molecular formula is C76H124O39. The molecular weight excluding hydrogens is 1540 g/mol. The second-order valence-electron chi connectivity index (χ2n) is 36.6. The molecule has 8 aliphatic heterocycles. The van der Waals surface area contributed by atoms with E-state index in [1.165, 1.54) is 13.8 Å². The zero-order chi connectivity index (χ0) is 83.7. The van der Waals surface area contributed by atoms with Gasteiger partial charge in [0.2, 0.25) is 6.29 Å². The standard InChI is InChI=1S/C76H124O39/c1-27-40(81)59(112-63-51(92)42(83)31(80)24-100-63)56(97)68(104-27)114-61-46(87)36(109-64-52(93)47(88)43(84)32(21-77)105-64)26-102-69(61)110-39-13-14-73(7)37(72(39,5)6)12-15-75(9)38(73)11-10-29-30-20-71(3,4)16-18-76(30,19-17-74(29,75)8)70(99)115-66-54(95)49(90)45(86)35(108-66)25-101-62-55(96)50(91)58(34(23-79)107-62)111-67-57(98)60(41(82)28(2)103-67)113-65-53(94)48(89)44(85)33(22-78)106-65/h10,27-28,30-69,77-98H,11-26H2,1-9H3/t27-,28-,30-,31+,32+,33+,34+,35+,36-,37-,38+,39-,40-,41-,42+,43+,44+,45+,46-,47-,48-,49-,50+,51+,52+,53+,54+,55+,56+,57+,58+,59+,60+,61+,62+,63-,64-,65-,66-,67-,68-,69-,73-,74+,75+,76-/m0/s1. The van der Waals surface area contributed by atoms with Crippen molar-refractivity contribution >= 4 is 5.97 Å². The van der Waals surface area contributed by atoms with Gasteiger partial charge < -0.3 is 188 Å². The second-order valence-corrected chi connectivity index (χ2v) is 36.6. The maximum absolute atomic E-state index is 15.5. The van der Waals surface area contributed by atoms with Gasteiger partial charge in [-0.3, -0.25) is 4.79 Å². The van der Waals surface area contributed by atoms with Gasteiger partial charge in [0.1, 0.15) is 171 Å². The third-order valence-electron chi connectivity index (χ3n) is 29.0. The van der Waals surface area contributed by atoms with Crippen molar-refractivity contribution in [3.8, 4) is 0 Å². The number of carbonyl (C=O) groups excluding carboxylic acids is 1. The molecule has 22 N–H and O–H groups in total. The minimum absolute atomic E-state index is 0.00486. The van der Waals surface area contributed by atoms with Gasteiger partial charge in [-0.05, 0) is 123 Å².